The molecule has 0 bridgehead atoms. The van der Waals surface area contributed by atoms with Gasteiger partial charge in [-0.25, -0.2) is 9.97 Å². The number of thiophene rings is 1. The average molecular weight is 345 g/mol. The lowest BCUT2D eigenvalue weighted by Gasteiger charge is -2.17. The normalized spacial score (nSPS) is 17.4. The Hall–Kier alpha value is -2.06. The van der Waals surface area contributed by atoms with E-state index in [0.29, 0.717) is 11.6 Å². The van der Waals surface area contributed by atoms with Gasteiger partial charge in [-0.05, 0) is 37.7 Å². The first-order valence-corrected chi connectivity index (χ1v) is 8.96. The van der Waals surface area contributed by atoms with Gasteiger partial charge in [0.15, 0.2) is 5.65 Å². The molecule has 0 spiro atoms. The minimum Gasteiger partial charge on any atom is -0.395 e. The lowest BCUT2D eigenvalue weighted by atomic mass is 9.89. The van der Waals surface area contributed by atoms with Crippen LogP contribution in [0.5, 0.6) is 0 Å². The molecule has 1 unspecified atom stereocenters. The lowest BCUT2D eigenvalue weighted by Crippen LogP contribution is -2.27. The molecule has 0 saturated carbocycles. The van der Waals surface area contributed by atoms with Crippen molar-refractivity contribution in [3.63, 3.8) is 0 Å². The molecule has 1 aliphatic carbocycles. The van der Waals surface area contributed by atoms with Gasteiger partial charge in [-0.1, -0.05) is 6.92 Å². The van der Waals surface area contributed by atoms with E-state index in [9.17, 15) is 4.79 Å². The lowest BCUT2D eigenvalue weighted by molar-refractivity contribution is 0.0934. The van der Waals surface area contributed by atoms with Crippen LogP contribution in [-0.2, 0) is 12.8 Å². The summed E-state index contributed by atoms with van der Waals surface area (Å²) in [5.74, 6) is 1.10. The van der Waals surface area contributed by atoms with Crippen molar-refractivity contribution in [1.82, 2.24) is 24.9 Å². The van der Waals surface area contributed by atoms with E-state index >= 15 is 0 Å². The first-order chi connectivity index (χ1) is 11.6. The van der Waals surface area contributed by atoms with Gasteiger partial charge in [0.05, 0.1) is 12.0 Å². The molecule has 2 N–H and O–H groups in total. The van der Waals surface area contributed by atoms with E-state index in [1.54, 1.807) is 15.9 Å². The molecule has 126 valence electrons. The molecule has 1 amide bonds. The third kappa shape index (κ3) is 2.37. The molecule has 8 heteroatoms. The Morgan fingerprint density at radius 3 is 3.08 bits per heavy atom. The smallest absolute Gasteiger partial charge is 0.291 e. The number of hydrogen-bond acceptors (Lipinski definition) is 6. The third-order valence-corrected chi connectivity index (χ3v) is 5.68. The van der Waals surface area contributed by atoms with Gasteiger partial charge in [0.25, 0.3) is 5.91 Å². The van der Waals surface area contributed by atoms with Crippen LogP contribution in [0.15, 0.2) is 0 Å². The number of rotatable bonds is 3. The minimum atomic E-state index is -0.377. The molecule has 1 aliphatic rings. The molecule has 0 radical (unpaired) electrons. The van der Waals surface area contributed by atoms with E-state index in [-0.39, 0.29) is 24.9 Å². The molecule has 0 fully saturated rings. The Morgan fingerprint density at radius 2 is 2.29 bits per heavy atom. The second-order valence-electron chi connectivity index (χ2n) is 6.34. The summed E-state index contributed by atoms with van der Waals surface area (Å²) in [4.78, 5) is 23.6. The van der Waals surface area contributed by atoms with Crippen molar-refractivity contribution < 1.29 is 9.90 Å². The van der Waals surface area contributed by atoms with Crippen LogP contribution in [-0.4, -0.2) is 43.7 Å². The van der Waals surface area contributed by atoms with Gasteiger partial charge in [0.1, 0.15) is 10.7 Å². The number of nitrogens with one attached hydrogen (secondary N) is 1. The molecule has 3 aromatic rings. The Kier molecular flexibility index (Phi) is 3.73. The maximum Gasteiger partial charge on any atom is 0.291 e. The van der Waals surface area contributed by atoms with Crippen molar-refractivity contribution in [3.05, 3.63) is 22.1 Å². The van der Waals surface area contributed by atoms with E-state index < -0.39 is 0 Å². The summed E-state index contributed by atoms with van der Waals surface area (Å²) in [6.45, 7) is 4.22. The Morgan fingerprint density at radius 1 is 1.46 bits per heavy atom. The summed E-state index contributed by atoms with van der Waals surface area (Å²) in [5.41, 5.74) is 2.03. The van der Waals surface area contributed by atoms with Gasteiger partial charge in [0.2, 0.25) is 5.82 Å². The molecule has 3 aromatic heterocycles. The number of amides is 1. The summed E-state index contributed by atoms with van der Waals surface area (Å²) in [5, 5.41) is 16.8. The molecular formula is C16H19N5O2S. The predicted octanol–water partition coefficient (Wildman–Crippen LogP) is 1.49. The second kappa shape index (κ2) is 5.78. The van der Waals surface area contributed by atoms with Gasteiger partial charge in [-0.3, -0.25) is 4.79 Å². The molecule has 1 atom stereocenters. The summed E-state index contributed by atoms with van der Waals surface area (Å²) in [7, 11) is 0. The van der Waals surface area contributed by atoms with Gasteiger partial charge >= 0.3 is 0 Å². The fraction of sp³-hybridized carbons (Fsp3) is 0.500. The fourth-order valence-corrected chi connectivity index (χ4v) is 4.55. The highest BCUT2D eigenvalue weighted by Crippen LogP contribution is 2.38. The van der Waals surface area contributed by atoms with E-state index in [2.05, 4.69) is 27.3 Å². The van der Waals surface area contributed by atoms with Crippen molar-refractivity contribution in [2.75, 3.05) is 13.2 Å². The van der Waals surface area contributed by atoms with Crippen LogP contribution in [0.4, 0.5) is 0 Å². The number of aromatic nitrogens is 4. The summed E-state index contributed by atoms with van der Waals surface area (Å²) < 4.78 is 1.66. The van der Waals surface area contributed by atoms with Crippen LogP contribution in [0.25, 0.3) is 15.9 Å². The predicted molar refractivity (Wildman–Crippen MR) is 91.5 cm³/mol. The van der Waals surface area contributed by atoms with E-state index in [1.807, 2.05) is 6.92 Å². The van der Waals surface area contributed by atoms with Gasteiger partial charge in [-0.15, -0.1) is 16.4 Å². The molecule has 3 heterocycles. The quantitative estimate of drug-likeness (QED) is 0.750. The van der Waals surface area contributed by atoms with Crippen molar-refractivity contribution in [1.29, 1.82) is 0 Å². The molecule has 0 aromatic carbocycles. The monoisotopic (exact) mass is 345 g/mol. The van der Waals surface area contributed by atoms with E-state index in [1.165, 1.54) is 16.9 Å². The Balaban J connectivity index is 1.91. The topological polar surface area (TPSA) is 92.4 Å². The van der Waals surface area contributed by atoms with Crippen LogP contribution in [0, 0.1) is 12.8 Å². The second-order valence-corrected chi connectivity index (χ2v) is 7.42. The number of aryl methyl sites for hydroxylation is 2. The third-order valence-electron chi connectivity index (χ3n) is 4.49. The standard InChI is InChI=1S/C16H19N5O2S/c1-8-3-4-11-10(7-8)12-14-19-13(15(23)17-5-6-22)20-21(14)9(2)18-16(12)24-11/h8,22H,3-7H2,1-2H3,(H,17,23). The van der Waals surface area contributed by atoms with E-state index in [0.717, 1.165) is 28.9 Å². The van der Waals surface area contributed by atoms with Crippen molar-refractivity contribution in [2.45, 2.75) is 33.1 Å². The average Bonchev–Trinajstić information content (AvgIpc) is 3.13. The Labute approximate surface area is 142 Å². The maximum atomic E-state index is 12.1. The minimum absolute atomic E-state index is 0.111. The van der Waals surface area contributed by atoms with Crippen LogP contribution < -0.4 is 5.32 Å². The number of carbonyl (C=O) groups is 1. The number of carbonyl (C=O) groups excluding carboxylic acids is 1. The molecular weight excluding hydrogens is 326 g/mol. The molecule has 7 nitrogen and oxygen atoms in total. The van der Waals surface area contributed by atoms with Gasteiger partial charge in [0, 0.05) is 11.4 Å². The number of hydrogen-bond donors (Lipinski definition) is 2. The molecule has 0 aliphatic heterocycles. The van der Waals surface area contributed by atoms with Crippen LogP contribution in [0.3, 0.4) is 0 Å². The maximum absolute atomic E-state index is 12.1. The molecule has 4 rings (SSSR count). The van der Waals surface area contributed by atoms with Crippen molar-refractivity contribution >= 4 is 33.1 Å². The van der Waals surface area contributed by atoms with Crippen molar-refractivity contribution in [2.24, 2.45) is 5.92 Å². The molecule has 24 heavy (non-hydrogen) atoms. The number of fused-ring (bicyclic) bond motifs is 5. The zero-order valence-corrected chi connectivity index (χ0v) is 14.5. The van der Waals surface area contributed by atoms with Gasteiger partial charge in [-0.2, -0.15) is 4.52 Å². The zero-order valence-electron chi connectivity index (χ0n) is 13.7. The number of aliphatic hydroxyl groups is 1. The number of nitrogens with zero attached hydrogens (tertiary/aromatic N) is 4. The summed E-state index contributed by atoms with van der Waals surface area (Å²) in [6.07, 6.45) is 3.31. The fourth-order valence-electron chi connectivity index (χ4n) is 3.29. The highest BCUT2D eigenvalue weighted by atomic mass is 32.1. The first-order valence-electron chi connectivity index (χ1n) is 8.15. The Bertz CT molecular complexity index is 945. The van der Waals surface area contributed by atoms with Crippen LogP contribution >= 0.6 is 11.3 Å². The number of aliphatic hydroxyl groups excluding tert-OH is 1. The van der Waals surface area contributed by atoms with E-state index in [4.69, 9.17) is 5.11 Å². The summed E-state index contributed by atoms with van der Waals surface area (Å²) in [6, 6.07) is 0. The van der Waals surface area contributed by atoms with Gasteiger partial charge < -0.3 is 10.4 Å². The molecule has 0 saturated heterocycles. The zero-order chi connectivity index (χ0) is 16.8. The SMILES string of the molecule is Cc1nc2sc3c(c2c2nc(C(=O)NCCO)nn12)CC(C)CC3. The van der Waals surface area contributed by atoms with Crippen LogP contribution in [0.1, 0.15) is 40.2 Å². The van der Waals surface area contributed by atoms with Crippen molar-refractivity contribution in [3.8, 4) is 0 Å². The highest BCUT2D eigenvalue weighted by Gasteiger charge is 2.25. The van der Waals surface area contributed by atoms with Crippen LogP contribution in [0.2, 0.25) is 0 Å². The summed E-state index contributed by atoms with van der Waals surface area (Å²) >= 11 is 1.74. The largest absolute Gasteiger partial charge is 0.395 e. The highest BCUT2D eigenvalue weighted by molar-refractivity contribution is 7.19. The first kappa shape index (κ1) is 15.5.